The Morgan fingerprint density at radius 2 is 1.62 bits per heavy atom. The van der Waals surface area contributed by atoms with Gasteiger partial charge in [-0.05, 0) is 46.8 Å². The number of fused-ring (bicyclic) bond motifs is 1. The Bertz CT molecular complexity index is 857. The van der Waals surface area contributed by atoms with E-state index in [4.69, 9.17) is 0 Å². The first-order valence-corrected chi connectivity index (χ1v) is 6.26. The number of aldehydes is 1. The lowest BCUT2D eigenvalue weighted by molar-refractivity contribution is 0.112. The normalized spacial score (nSPS) is 10.8. The average Bonchev–Trinajstić information content (AvgIpc) is 2.49. The molecule has 104 valence electrons. The van der Waals surface area contributed by atoms with Crippen molar-refractivity contribution < 1.29 is 18.7 Å². The Morgan fingerprint density at radius 3 is 2.33 bits per heavy atom. The first-order valence-electron chi connectivity index (χ1n) is 6.26. The largest absolute Gasteiger partial charge is 0.505 e. The van der Waals surface area contributed by atoms with Gasteiger partial charge in [-0.2, -0.15) is 0 Å². The molecule has 0 atom stereocenters. The maximum Gasteiger partial charge on any atom is 0.165 e. The molecule has 3 aromatic rings. The molecule has 3 aromatic carbocycles. The number of hydrogen-bond donors (Lipinski definition) is 1. The number of carbonyl (C=O) groups excluding carboxylic acids is 1. The van der Waals surface area contributed by atoms with Crippen LogP contribution in [0.2, 0.25) is 0 Å². The number of rotatable bonds is 2. The van der Waals surface area contributed by atoms with Crippen molar-refractivity contribution in [3.8, 4) is 16.9 Å². The summed E-state index contributed by atoms with van der Waals surface area (Å²) in [5.74, 6) is -1.69. The van der Waals surface area contributed by atoms with Gasteiger partial charge < -0.3 is 5.11 Å². The highest BCUT2D eigenvalue weighted by molar-refractivity contribution is 5.92. The summed E-state index contributed by atoms with van der Waals surface area (Å²) in [7, 11) is 0. The van der Waals surface area contributed by atoms with Gasteiger partial charge in [0, 0.05) is 10.9 Å². The van der Waals surface area contributed by atoms with Crippen LogP contribution in [0.15, 0.2) is 48.5 Å². The third-order valence-electron chi connectivity index (χ3n) is 3.34. The summed E-state index contributed by atoms with van der Waals surface area (Å²) in [6.07, 6.45) is 0.655. The SMILES string of the molecule is O=Cc1ccc2cc(-c3ccc(O)c(F)c3)cc(F)c2c1. The zero-order valence-corrected chi connectivity index (χ0v) is 10.8. The standard InChI is InChI=1S/C17H10F2O2/c18-15-8-13(11-3-4-17(21)16(19)7-11)6-12-2-1-10(9-20)5-14(12)15/h1-9,21H. The van der Waals surface area contributed by atoms with Gasteiger partial charge in [0.25, 0.3) is 0 Å². The average molecular weight is 284 g/mol. The number of carbonyl (C=O) groups is 1. The van der Waals surface area contributed by atoms with Crippen molar-refractivity contribution in [2.24, 2.45) is 0 Å². The molecule has 0 saturated heterocycles. The van der Waals surface area contributed by atoms with Crippen LogP contribution < -0.4 is 0 Å². The molecule has 0 aliphatic rings. The van der Waals surface area contributed by atoms with Crippen LogP contribution in [0.3, 0.4) is 0 Å². The van der Waals surface area contributed by atoms with Crippen LogP contribution in [0.1, 0.15) is 10.4 Å². The Kier molecular flexibility index (Phi) is 3.14. The van der Waals surface area contributed by atoms with Gasteiger partial charge >= 0.3 is 0 Å². The van der Waals surface area contributed by atoms with Crippen LogP contribution in [0.4, 0.5) is 8.78 Å². The smallest absolute Gasteiger partial charge is 0.165 e. The lowest BCUT2D eigenvalue weighted by Crippen LogP contribution is -1.88. The van der Waals surface area contributed by atoms with Crippen molar-refractivity contribution in [2.45, 2.75) is 0 Å². The Morgan fingerprint density at radius 1 is 0.857 bits per heavy atom. The Labute approximate surface area is 119 Å². The minimum atomic E-state index is -0.760. The van der Waals surface area contributed by atoms with E-state index in [1.54, 1.807) is 18.2 Å². The van der Waals surface area contributed by atoms with Crippen LogP contribution in [0.5, 0.6) is 5.75 Å². The molecule has 0 saturated carbocycles. The van der Waals surface area contributed by atoms with Crippen molar-refractivity contribution in [3.63, 3.8) is 0 Å². The van der Waals surface area contributed by atoms with Gasteiger partial charge in [0.05, 0.1) is 0 Å². The van der Waals surface area contributed by atoms with Gasteiger partial charge in [0.2, 0.25) is 0 Å². The van der Waals surface area contributed by atoms with Gasteiger partial charge in [-0.1, -0.05) is 18.2 Å². The minimum absolute atomic E-state index is 0.336. The quantitative estimate of drug-likeness (QED) is 0.712. The molecular formula is C17H10F2O2. The molecule has 3 rings (SSSR count). The topological polar surface area (TPSA) is 37.3 Å². The third kappa shape index (κ3) is 2.36. The van der Waals surface area contributed by atoms with Gasteiger partial charge in [-0.3, -0.25) is 4.79 Å². The minimum Gasteiger partial charge on any atom is -0.505 e. The molecule has 2 nitrogen and oxygen atoms in total. The van der Waals surface area contributed by atoms with Gasteiger partial charge in [0.1, 0.15) is 12.1 Å². The van der Waals surface area contributed by atoms with E-state index < -0.39 is 17.4 Å². The molecule has 0 unspecified atom stereocenters. The predicted molar refractivity (Wildman–Crippen MR) is 76.4 cm³/mol. The fourth-order valence-electron chi connectivity index (χ4n) is 2.26. The van der Waals surface area contributed by atoms with E-state index in [0.717, 1.165) is 6.07 Å². The second-order valence-electron chi connectivity index (χ2n) is 4.72. The van der Waals surface area contributed by atoms with Gasteiger partial charge in [0.15, 0.2) is 11.6 Å². The number of phenolic OH excluding ortho intramolecular Hbond substituents is 1. The summed E-state index contributed by atoms with van der Waals surface area (Å²) < 4.78 is 27.6. The van der Waals surface area contributed by atoms with E-state index in [9.17, 15) is 18.7 Å². The monoisotopic (exact) mass is 284 g/mol. The summed E-state index contributed by atoms with van der Waals surface area (Å²) >= 11 is 0. The van der Waals surface area contributed by atoms with E-state index >= 15 is 0 Å². The van der Waals surface area contributed by atoms with Gasteiger partial charge in [-0.25, -0.2) is 8.78 Å². The van der Waals surface area contributed by atoms with Crippen LogP contribution in [0.25, 0.3) is 21.9 Å². The molecule has 0 aliphatic heterocycles. The molecular weight excluding hydrogens is 274 g/mol. The molecule has 0 aromatic heterocycles. The second kappa shape index (κ2) is 4.98. The fraction of sp³-hybridized carbons (Fsp3) is 0. The Balaban J connectivity index is 2.20. The lowest BCUT2D eigenvalue weighted by atomic mass is 9.99. The van der Waals surface area contributed by atoms with E-state index in [-0.39, 0.29) is 0 Å². The van der Waals surface area contributed by atoms with E-state index in [1.807, 2.05) is 0 Å². The number of halogens is 2. The molecule has 0 aliphatic carbocycles. The maximum atomic E-state index is 14.2. The first kappa shape index (κ1) is 13.2. The predicted octanol–water partition coefficient (Wildman–Crippen LogP) is 4.30. The van der Waals surface area contributed by atoms with Crippen molar-refractivity contribution in [1.29, 1.82) is 0 Å². The molecule has 21 heavy (non-hydrogen) atoms. The molecule has 0 amide bonds. The molecule has 0 bridgehead atoms. The number of phenols is 1. The zero-order valence-electron chi connectivity index (χ0n) is 10.8. The summed E-state index contributed by atoms with van der Waals surface area (Å²) in [6, 6.07) is 11.6. The molecule has 1 N–H and O–H groups in total. The van der Waals surface area contributed by atoms with Crippen molar-refractivity contribution in [3.05, 3.63) is 65.7 Å². The Hall–Kier alpha value is -2.75. The molecule has 0 spiro atoms. The summed E-state index contributed by atoms with van der Waals surface area (Å²) in [5, 5.41) is 10.1. The van der Waals surface area contributed by atoms with E-state index in [0.29, 0.717) is 33.7 Å². The number of hydrogen-bond acceptors (Lipinski definition) is 2. The fourth-order valence-corrected chi connectivity index (χ4v) is 2.26. The number of benzene rings is 3. The van der Waals surface area contributed by atoms with Crippen LogP contribution >= 0.6 is 0 Å². The molecule has 0 radical (unpaired) electrons. The lowest BCUT2D eigenvalue weighted by Gasteiger charge is -2.07. The summed E-state index contributed by atoms with van der Waals surface area (Å²) in [4.78, 5) is 10.7. The first-order chi connectivity index (χ1) is 10.1. The number of aromatic hydroxyl groups is 1. The van der Waals surface area contributed by atoms with E-state index in [1.165, 1.54) is 24.3 Å². The highest BCUT2D eigenvalue weighted by atomic mass is 19.1. The van der Waals surface area contributed by atoms with Crippen molar-refractivity contribution in [2.75, 3.05) is 0 Å². The zero-order chi connectivity index (χ0) is 15.0. The van der Waals surface area contributed by atoms with Crippen LogP contribution in [0, 0.1) is 11.6 Å². The summed E-state index contributed by atoms with van der Waals surface area (Å²) in [6.45, 7) is 0. The molecule has 4 heteroatoms. The maximum absolute atomic E-state index is 14.2. The third-order valence-corrected chi connectivity index (χ3v) is 3.34. The molecule has 0 fully saturated rings. The van der Waals surface area contributed by atoms with Gasteiger partial charge in [-0.15, -0.1) is 0 Å². The van der Waals surface area contributed by atoms with Crippen molar-refractivity contribution in [1.82, 2.24) is 0 Å². The summed E-state index contributed by atoms with van der Waals surface area (Å²) in [5.41, 5.74) is 1.35. The molecule has 0 heterocycles. The van der Waals surface area contributed by atoms with E-state index in [2.05, 4.69) is 0 Å². The van der Waals surface area contributed by atoms with Crippen molar-refractivity contribution >= 4 is 17.1 Å². The van der Waals surface area contributed by atoms with Crippen LogP contribution in [-0.2, 0) is 0 Å². The second-order valence-corrected chi connectivity index (χ2v) is 4.72. The highest BCUT2D eigenvalue weighted by Crippen LogP contribution is 2.29. The highest BCUT2D eigenvalue weighted by Gasteiger charge is 2.09. The van der Waals surface area contributed by atoms with Crippen LogP contribution in [-0.4, -0.2) is 11.4 Å².